The minimum Gasteiger partial charge on any atom is -0.481 e. The molecule has 0 aromatic carbocycles. The number of hydrogen-bond donors (Lipinski definition) is 2. The van der Waals surface area contributed by atoms with Gasteiger partial charge in [-0.05, 0) is 19.3 Å². The molecule has 96 valence electrons. The minimum absolute atomic E-state index is 0.0684. The Labute approximate surface area is 101 Å². The smallest absolute Gasteiger partial charge is 0.307 e. The van der Waals surface area contributed by atoms with Gasteiger partial charge in [-0.1, -0.05) is 12.8 Å². The maximum absolute atomic E-state index is 12.0. The van der Waals surface area contributed by atoms with Crippen LogP contribution in [0.25, 0.3) is 0 Å². The van der Waals surface area contributed by atoms with Crippen LogP contribution in [0.1, 0.15) is 32.1 Å². The van der Waals surface area contributed by atoms with Crippen LogP contribution in [0, 0.1) is 11.8 Å². The number of carbonyl (C=O) groups is 2. The molecule has 3 atom stereocenters. The Morgan fingerprint density at radius 1 is 1.12 bits per heavy atom. The molecule has 0 spiro atoms. The Balaban J connectivity index is 1.93. The third kappa shape index (κ3) is 2.97. The zero-order chi connectivity index (χ0) is 12.3. The highest BCUT2D eigenvalue weighted by atomic mass is 16.5. The second kappa shape index (κ2) is 5.49. The molecule has 2 fully saturated rings. The molecule has 2 rings (SSSR count). The van der Waals surface area contributed by atoms with E-state index in [9.17, 15) is 9.59 Å². The van der Waals surface area contributed by atoms with Gasteiger partial charge in [-0.25, -0.2) is 0 Å². The molecular formula is C12H19NO4. The lowest BCUT2D eigenvalue weighted by molar-refractivity contribution is -0.149. The van der Waals surface area contributed by atoms with Crippen molar-refractivity contribution in [3.05, 3.63) is 0 Å². The van der Waals surface area contributed by atoms with Crippen molar-refractivity contribution in [1.82, 2.24) is 5.32 Å². The quantitative estimate of drug-likeness (QED) is 0.765. The summed E-state index contributed by atoms with van der Waals surface area (Å²) < 4.78 is 5.19. The van der Waals surface area contributed by atoms with Crippen LogP contribution in [-0.2, 0) is 14.3 Å². The average molecular weight is 241 g/mol. The summed E-state index contributed by atoms with van der Waals surface area (Å²) in [5.74, 6) is -1.81. The third-order valence-electron chi connectivity index (χ3n) is 3.70. The average Bonchev–Trinajstić information content (AvgIpc) is 2.81. The molecule has 1 heterocycles. The van der Waals surface area contributed by atoms with Crippen LogP contribution in [-0.4, -0.2) is 36.2 Å². The molecule has 0 bridgehead atoms. The van der Waals surface area contributed by atoms with Crippen molar-refractivity contribution in [1.29, 1.82) is 0 Å². The van der Waals surface area contributed by atoms with E-state index in [4.69, 9.17) is 9.84 Å². The Kier molecular flexibility index (Phi) is 3.99. The second-order valence-corrected chi connectivity index (χ2v) is 4.90. The Morgan fingerprint density at radius 2 is 1.82 bits per heavy atom. The molecule has 1 aliphatic heterocycles. The first-order valence-corrected chi connectivity index (χ1v) is 6.29. The summed E-state index contributed by atoms with van der Waals surface area (Å²) in [7, 11) is 0. The first kappa shape index (κ1) is 12.4. The first-order chi connectivity index (χ1) is 8.18. The highest BCUT2D eigenvalue weighted by Gasteiger charge is 2.36. The van der Waals surface area contributed by atoms with Gasteiger partial charge in [0.25, 0.3) is 0 Å². The highest BCUT2D eigenvalue weighted by Crippen LogP contribution is 2.30. The lowest BCUT2D eigenvalue weighted by Gasteiger charge is -2.28. The number of amides is 1. The lowest BCUT2D eigenvalue weighted by atomic mass is 9.78. The number of carboxylic acid groups (broad SMARTS) is 1. The van der Waals surface area contributed by atoms with Gasteiger partial charge in [0.05, 0.1) is 24.5 Å². The Bertz CT molecular complexity index is 299. The minimum atomic E-state index is -0.840. The van der Waals surface area contributed by atoms with E-state index in [0.29, 0.717) is 26.1 Å². The van der Waals surface area contributed by atoms with E-state index in [1.807, 2.05) is 0 Å². The number of nitrogens with one attached hydrogen (secondary N) is 1. The van der Waals surface area contributed by atoms with E-state index in [0.717, 1.165) is 19.3 Å². The van der Waals surface area contributed by atoms with Gasteiger partial charge in [-0.15, -0.1) is 0 Å². The van der Waals surface area contributed by atoms with Crippen molar-refractivity contribution in [3.63, 3.8) is 0 Å². The van der Waals surface area contributed by atoms with Crippen LogP contribution in [0.5, 0.6) is 0 Å². The summed E-state index contributed by atoms with van der Waals surface area (Å²) in [6, 6.07) is 0.0684. The van der Waals surface area contributed by atoms with Crippen molar-refractivity contribution in [2.75, 3.05) is 13.2 Å². The first-order valence-electron chi connectivity index (χ1n) is 6.29. The third-order valence-corrected chi connectivity index (χ3v) is 3.70. The maximum atomic E-state index is 12.0. The van der Waals surface area contributed by atoms with Gasteiger partial charge in [0.15, 0.2) is 0 Å². The van der Waals surface area contributed by atoms with Gasteiger partial charge in [0.1, 0.15) is 0 Å². The van der Waals surface area contributed by atoms with Crippen molar-refractivity contribution in [3.8, 4) is 0 Å². The maximum Gasteiger partial charge on any atom is 0.307 e. The predicted molar refractivity (Wildman–Crippen MR) is 60.5 cm³/mol. The molecule has 5 heteroatoms. The van der Waals surface area contributed by atoms with E-state index in [-0.39, 0.29) is 17.9 Å². The second-order valence-electron chi connectivity index (χ2n) is 4.90. The van der Waals surface area contributed by atoms with E-state index >= 15 is 0 Å². The monoisotopic (exact) mass is 241 g/mol. The number of aliphatic carboxylic acids is 1. The zero-order valence-corrected chi connectivity index (χ0v) is 9.85. The van der Waals surface area contributed by atoms with Crippen molar-refractivity contribution in [2.45, 2.75) is 38.1 Å². The van der Waals surface area contributed by atoms with Gasteiger partial charge in [-0.3, -0.25) is 9.59 Å². The van der Waals surface area contributed by atoms with E-state index in [1.54, 1.807) is 0 Å². The van der Waals surface area contributed by atoms with Crippen LogP contribution in [0.3, 0.4) is 0 Å². The molecule has 2 aliphatic rings. The van der Waals surface area contributed by atoms with Gasteiger partial charge < -0.3 is 15.2 Å². The van der Waals surface area contributed by atoms with Gasteiger partial charge >= 0.3 is 5.97 Å². The van der Waals surface area contributed by atoms with E-state index in [2.05, 4.69) is 5.32 Å². The molecule has 1 saturated heterocycles. The molecule has 0 aromatic heterocycles. The fourth-order valence-electron chi connectivity index (χ4n) is 2.70. The standard InChI is InChI=1S/C12H19NO4/c14-11(13-8-5-6-17-7-8)9-3-1-2-4-10(9)12(15)16/h8-10H,1-7H2,(H,13,14)(H,15,16)/t8?,9-,10+/m1/s1. The summed E-state index contributed by atoms with van der Waals surface area (Å²) in [5.41, 5.74) is 0. The SMILES string of the molecule is O=C(O)[C@H]1CCCC[C@H]1C(=O)NC1CCOC1. The van der Waals surface area contributed by atoms with Gasteiger partial charge in [0, 0.05) is 6.61 Å². The predicted octanol–water partition coefficient (Wildman–Crippen LogP) is 0.782. The Hall–Kier alpha value is -1.10. The number of carbonyl (C=O) groups excluding carboxylic acids is 1. The van der Waals surface area contributed by atoms with Crippen molar-refractivity contribution < 1.29 is 19.4 Å². The van der Waals surface area contributed by atoms with E-state index < -0.39 is 11.9 Å². The molecular weight excluding hydrogens is 222 g/mol. The molecule has 1 amide bonds. The van der Waals surface area contributed by atoms with Crippen LogP contribution in [0.15, 0.2) is 0 Å². The largest absolute Gasteiger partial charge is 0.481 e. The summed E-state index contributed by atoms with van der Waals surface area (Å²) in [4.78, 5) is 23.1. The normalized spacial score (nSPS) is 33.3. The van der Waals surface area contributed by atoms with Crippen LogP contribution < -0.4 is 5.32 Å². The van der Waals surface area contributed by atoms with Crippen LogP contribution in [0.4, 0.5) is 0 Å². The number of rotatable bonds is 3. The molecule has 1 saturated carbocycles. The lowest BCUT2D eigenvalue weighted by Crippen LogP contribution is -2.44. The summed E-state index contributed by atoms with van der Waals surface area (Å²) in [6.45, 7) is 1.23. The molecule has 1 aliphatic carbocycles. The topological polar surface area (TPSA) is 75.6 Å². The van der Waals surface area contributed by atoms with Crippen LogP contribution in [0.2, 0.25) is 0 Å². The summed E-state index contributed by atoms with van der Waals surface area (Å²) >= 11 is 0. The summed E-state index contributed by atoms with van der Waals surface area (Å²) in [6.07, 6.45) is 4.00. The molecule has 17 heavy (non-hydrogen) atoms. The van der Waals surface area contributed by atoms with Gasteiger partial charge in [-0.2, -0.15) is 0 Å². The number of hydrogen-bond acceptors (Lipinski definition) is 3. The number of ether oxygens (including phenoxy) is 1. The number of carboxylic acids is 1. The molecule has 1 unspecified atom stereocenters. The fourth-order valence-corrected chi connectivity index (χ4v) is 2.70. The molecule has 0 radical (unpaired) electrons. The molecule has 2 N–H and O–H groups in total. The van der Waals surface area contributed by atoms with Crippen molar-refractivity contribution >= 4 is 11.9 Å². The highest BCUT2D eigenvalue weighted by molar-refractivity contribution is 5.85. The van der Waals surface area contributed by atoms with Gasteiger partial charge in [0.2, 0.25) is 5.91 Å². The summed E-state index contributed by atoms with van der Waals surface area (Å²) in [5, 5.41) is 12.0. The molecule has 0 aromatic rings. The van der Waals surface area contributed by atoms with Crippen molar-refractivity contribution in [2.24, 2.45) is 11.8 Å². The Morgan fingerprint density at radius 3 is 2.41 bits per heavy atom. The zero-order valence-electron chi connectivity index (χ0n) is 9.85. The van der Waals surface area contributed by atoms with Crippen LogP contribution >= 0.6 is 0 Å². The molecule has 5 nitrogen and oxygen atoms in total. The van der Waals surface area contributed by atoms with E-state index in [1.165, 1.54) is 0 Å². The fraction of sp³-hybridized carbons (Fsp3) is 0.833.